The molecule has 1 N–H and O–H groups in total. The summed E-state index contributed by atoms with van der Waals surface area (Å²) in [5.74, 6) is -1.08. The van der Waals surface area contributed by atoms with E-state index in [0.717, 1.165) is 18.2 Å². The summed E-state index contributed by atoms with van der Waals surface area (Å²) in [6, 6.07) is 2.76. The summed E-state index contributed by atoms with van der Waals surface area (Å²) in [7, 11) is 1.61. The summed E-state index contributed by atoms with van der Waals surface area (Å²) in [5.41, 5.74) is 0.188. The molecule has 82 valence electrons. The van der Waals surface area contributed by atoms with Gasteiger partial charge < -0.3 is 5.32 Å². The molecule has 0 aliphatic carbocycles. The van der Waals surface area contributed by atoms with Crippen molar-refractivity contribution < 1.29 is 13.6 Å². The fraction of sp³-hybridized carbons (Fsp3) is 0.364. The Morgan fingerprint density at radius 1 is 1.47 bits per heavy atom. The number of Topliss-reactive ketones (excluding diaryl/α,β-unsaturated/α-hetero) is 1. The van der Waals surface area contributed by atoms with Gasteiger partial charge in [-0.3, -0.25) is 4.79 Å². The van der Waals surface area contributed by atoms with Crippen LogP contribution >= 0.6 is 0 Å². The first-order valence-corrected chi connectivity index (χ1v) is 4.66. The minimum absolute atomic E-state index is 0.0713. The van der Waals surface area contributed by atoms with Gasteiger partial charge in [0.05, 0.1) is 0 Å². The van der Waals surface area contributed by atoms with Gasteiger partial charge in [0.2, 0.25) is 0 Å². The average Bonchev–Trinajstić information content (AvgIpc) is 2.18. The molecule has 2 nitrogen and oxygen atoms in total. The summed E-state index contributed by atoms with van der Waals surface area (Å²) in [6.07, 6.45) is 0.150. The first-order valence-electron chi connectivity index (χ1n) is 4.66. The standard InChI is InChI=1S/C11H13F2NO/c1-7(15)5-11(14-2)9-6-8(12)3-4-10(9)13/h3-4,6,11,14H,5H2,1-2H3. The van der Waals surface area contributed by atoms with Crippen LogP contribution in [-0.4, -0.2) is 12.8 Å². The van der Waals surface area contributed by atoms with Gasteiger partial charge in [0.15, 0.2) is 0 Å². The number of benzene rings is 1. The van der Waals surface area contributed by atoms with Crippen LogP contribution in [0.15, 0.2) is 18.2 Å². The molecule has 0 radical (unpaired) electrons. The summed E-state index contributed by atoms with van der Waals surface area (Å²) >= 11 is 0. The van der Waals surface area contributed by atoms with Crippen LogP contribution in [-0.2, 0) is 4.79 Å². The third-order valence-electron chi connectivity index (χ3n) is 2.17. The number of hydrogen-bond acceptors (Lipinski definition) is 2. The van der Waals surface area contributed by atoms with Gasteiger partial charge in [0.25, 0.3) is 0 Å². The van der Waals surface area contributed by atoms with E-state index in [0.29, 0.717) is 0 Å². The molecule has 0 aliphatic heterocycles. The lowest BCUT2D eigenvalue weighted by atomic mass is 10.0. The lowest BCUT2D eigenvalue weighted by Crippen LogP contribution is -2.20. The highest BCUT2D eigenvalue weighted by Crippen LogP contribution is 2.21. The van der Waals surface area contributed by atoms with Crippen LogP contribution in [0.2, 0.25) is 0 Å². The Bertz CT molecular complexity index is 366. The zero-order chi connectivity index (χ0) is 11.4. The van der Waals surface area contributed by atoms with Gasteiger partial charge in [0.1, 0.15) is 17.4 Å². The molecular formula is C11H13F2NO. The predicted octanol–water partition coefficient (Wildman–Crippen LogP) is 2.20. The Morgan fingerprint density at radius 3 is 2.67 bits per heavy atom. The molecule has 0 heterocycles. The van der Waals surface area contributed by atoms with Gasteiger partial charge >= 0.3 is 0 Å². The number of rotatable bonds is 4. The average molecular weight is 213 g/mol. The highest BCUT2D eigenvalue weighted by Gasteiger charge is 2.16. The number of carbonyl (C=O) groups is 1. The molecule has 0 saturated heterocycles. The zero-order valence-corrected chi connectivity index (χ0v) is 8.68. The van der Waals surface area contributed by atoms with Crippen molar-refractivity contribution >= 4 is 5.78 Å². The maximum atomic E-state index is 13.3. The van der Waals surface area contributed by atoms with Crippen LogP contribution in [0.3, 0.4) is 0 Å². The van der Waals surface area contributed by atoms with E-state index in [1.54, 1.807) is 7.05 Å². The first kappa shape index (κ1) is 11.8. The van der Waals surface area contributed by atoms with Crippen LogP contribution in [0.25, 0.3) is 0 Å². The Hall–Kier alpha value is -1.29. The summed E-state index contributed by atoms with van der Waals surface area (Å²) in [5, 5.41) is 2.79. The largest absolute Gasteiger partial charge is 0.313 e. The third-order valence-corrected chi connectivity index (χ3v) is 2.17. The van der Waals surface area contributed by atoms with Crippen LogP contribution in [0, 0.1) is 11.6 Å². The van der Waals surface area contributed by atoms with E-state index in [1.165, 1.54) is 6.92 Å². The summed E-state index contributed by atoms with van der Waals surface area (Å²) in [6.45, 7) is 1.42. The molecule has 15 heavy (non-hydrogen) atoms. The third kappa shape index (κ3) is 3.09. The quantitative estimate of drug-likeness (QED) is 0.830. The zero-order valence-electron chi connectivity index (χ0n) is 8.68. The fourth-order valence-electron chi connectivity index (χ4n) is 1.44. The molecule has 0 bridgehead atoms. The van der Waals surface area contributed by atoms with Gasteiger partial charge in [-0.15, -0.1) is 0 Å². The second-order valence-corrected chi connectivity index (χ2v) is 3.41. The van der Waals surface area contributed by atoms with Crippen LogP contribution in [0.5, 0.6) is 0 Å². The molecule has 0 fully saturated rings. The normalized spacial score (nSPS) is 12.5. The van der Waals surface area contributed by atoms with E-state index >= 15 is 0 Å². The molecule has 1 rings (SSSR count). The second kappa shape index (κ2) is 4.98. The molecule has 4 heteroatoms. The first-order chi connectivity index (χ1) is 7.04. The fourth-order valence-corrected chi connectivity index (χ4v) is 1.44. The molecule has 0 saturated carbocycles. The monoisotopic (exact) mass is 213 g/mol. The molecule has 0 spiro atoms. The molecule has 1 aromatic rings. The lowest BCUT2D eigenvalue weighted by Gasteiger charge is -2.15. The molecule has 1 atom stereocenters. The van der Waals surface area contributed by atoms with Gasteiger partial charge in [-0.1, -0.05) is 0 Å². The summed E-state index contributed by atoms with van der Waals surface area (Å²) < 4.78 is 26.2. The van der Waals surface area contributed by atoms with Gasteiger partial charge in [-0.25, -0.2) is 8.78 Å². The second-order valence-electron chi connectivity index (χ2n) is 3.41. The van der Waals surface area contributed by atoms with Crippen molar-refractivity contribution in [2.24, 2.45) is 0 Å². The number of hydrogen-bond donors (Lipinski definition) is 1. The van der Waals surface area contributed by atoms with Crippen LogP contribution in [0.1, 0.15) is 24.9 Å². The number of nitrogens with one attached hydrogen (secondary N) is 1. The van der Waals surface area contributed by atoms with E-state index in [4.69, 9.17) is 0 Å². The minimum atomic E-state index is -0.504. The van der Waals surface area contributed by atoms with Crippen molar-refractivity contribution in [1.29, 1.82) is 0 Å². The van der Waals surface area contributed by atoms with Crippen molar-refractivity contribution in [2.45, 2.75) is 19.4 Å². The highest BCUT2D eigenvalue weighted by molar-refractivity contribution is 5.76. The van der Waals surface area contributed by atoms with E-state index in [1.807, 2.05) is 0 Å². The van der Waals surface area contributed by atoms with Gasteiger partial charge in [-0.05, 0) is 32.2 Å². The van der Waals surface area contributed by atoms with E-state index in [9.17, 15) is 13.6 Å². The topological polar surface area (TPSA) is 29.1 Å². The molecule has 0 aromatic heterocycles. The van der Waals surface area contributed by atoms with Crippen molar-refractivity contribution in [2.75, 3.05) is 7.05 Å². The smallest absolute Gasteiger partial charge is 0.131 e. The molecule has 0 aliphatic rings. The predicted molar refractivity (Wildman–Crippen MR) is 53.5 cm³/mol. The molecule has 0 amide bonds. The Labute approximate surface area is 87.3 Å². The van der Waals surface area contributed by atoms with Crippen molar-refractivity contribution in [3.63, 3.8) is 0 Å². The highest BCUT2D eigenvalue weighted by atomic mass is 19.1. The van der Waals surface area contributed by atoms with Crippen molar-refractivity contribution in [3.8, 4) is 0 Å². The van der Waals surface area contributed by atoms with Crippen LogP contribution in [0.4, 0.5) is 8.78 Å². The summed E-state index contributed by atoms with van der Waals surface area (Å²) in [4.78, 5) is 10.9. The maximum Gasteiger partial charge on any atom is 0.131 e. The van der Waals surface area contributed by atoms with Crippen molar-refractivity contribution in [3.05, 3.63) is 35.4 Å². The lowest BCUT2D eigenvalue weighted by molar-refractivity contribution is -0.117. The van der Waals surface area contributed by atoms with Crippen LogP contribution < -0.4 is 5.32 Å². The van der Waals surface area contributed by atoms with E-state index in [-0.39, 0.29) is 17.8 Å². The minimum Gasteiger partial charge on any atom is -0.313 e. The Kier molecular flexibility index (Phi) is 3.91. The maximum absolute atomic E-state index is 13.3. The molecule has 1 unspecified atom stereocenters. The van der Waals surface area contributed by atoms with Gasteiger partial charge in [-0.2, -0.15) is 0 Å². The Balaban J connectivity index is 3.00. The number of ketones is 1. The number of carbonyl (C=O) groups excluding carboxylic acids is 1. The van der Waals surface area contributed by atoms with Crippen molar-refractivity contribution in [1.82, 2.24) is 5.32 Å². The number of halogens is 2. The van der Waals surface area contributed by atoms with E-state index < -0.39 is 17.7 Å². The molecule has 1 aromatic carbocycles. The molecular weight excluding hydrogens is 200 g/mol. The SMILES string of the molecule is CNC(CC(C)=O)c1cc(F)ccc1F. The van der Waals surface area contributed by atoms with E-state index in [2.05, 4.69) is 5.32 Å². The Morgan fingerprint density at radius 2 is 2.13 bits per heavy atom. The van der Waals surface area contributed by atoms with Gasteiger partial charge in [0, 0.05) is 18.0 Å².